The first kappa shape index (κ1) is 12.7. The van der Waals surface area contributed by atoms with Crippen molar-refractivity contribution in [2.45, 2.75) is 39.3 Å². The second-order valence-electron chi connectivity index (χ2n) is 4.66. The van der Waals surface area contributed by atoms with Crippen LogP contribution >= 0.6 is 11.3 Å². The van der Waals surface area contributed by atoms with E-state index in [1.54, 1.807) is 11.3 Å². The maximum Gasteiger partial charge on any atom is 0.108 e. The molecule has 0 amide bonds. The Morgan fingerprint density at radius 3 is 2.60 bits per heavy atom. The van der Waals surface area contributed by atoms with E-state index in [2.05, 4.69) is 26.1 Å². The second-order valence-corrected chi connectivity index (χ2v) is 5.61. The van der Waals surface area contributed by atoms with Gasteiger partial charge in [-0.05, 0) is 31.2 Å². The highest BCUT2D eigenvalue weighted by Crippen LogP contribution is 2.24. The molecule has 0 aliphatic heterocycles. The van der Waals surface area contributed by atoms with Crippen molar-refractivity contribution in [2.75, 3.05) is 6.54 Å². The molecule has 0 aliphatic carbocycles. The number of hydrogen-bond acceptors (Lipinski definition) is 3. The predicted molar refractivity (Wildman–Crippen MR) is 66.2 cm³/mol. The zero-order valence-electron chi connectivity index (χ0n) is 9.95. The lowest BCUT2D eigenvalue weighted by Crippen LogP contribution is -2.41. The van der Waals surface area contributed by atoms with E-state index in [9.17, 15) is 5.11 Å². The molecule has 2 unspecified atom stereocenters. The van der Waals surface area contributed by atoms with E-state index < -0.39 is 5.60 Å². The fourth-order valence-electron chi connectivity index (χ4n) is 1.27. The van der Waals surface area contributed by atoms with E-state index in [-0.39, 0.29) is 0 Å². The third kappa shape index (κ3) is 3.59. The van der Waals surface area contributed by atoms with Gasteiger partial charge in [-0.2, -0.15) is 0 Å². The minimum Gasteiger partial charge on any atom is -0.383 e. The summed E-state index contributed by atoms with van der Waals surface area (Å²) in [7, 11) is 0. The molecule has 2 N–H and O–H groups in total. The molecule has 86 valence electrons. The van der Waals surface area contributed by atoms with Crippen molar-refractivity contribution >= 4 is 11.3 Å². The molecule has 2 nitrogen and oxygen atoms in total. The van der Waals surface area contributed by atoms with Crippen LogP contribution in [-0.4, -0.2) is 17.7 Å². The fourth-order valence-corrected chi connectivity index (χ4v) is 2.05. The van der Waals surface area contributed by atoms with Crippen LogP contribution in [0.3, 0.4) is 0 Å². The quantitative estimate of drug-likeness (QED) is 0.810. The van der Waals surface area contributed by atoms with Crippen molar-refractivity contribution in [1.29, 1.82) is 0 Å². The first-order valence-electron chi connectivity index (χ1n) is 5.43. The van der Waals surface area contributed by atoms with Crippen LogP contribution in [0.15, 0.2) is 17.5 Å². The van der Waals surface area contributed by atoms with E-state index in [1.165, 1.54) is 0 Å². The maximum atomic E-state index is 10.3. The van der Waals surface area contributed by atoms with Gasteiger partial charge in [0.05, 0.1) is 0 Å². The summed E-state index contributed by atoms with van der Waals surface area (Å²) < 4.78 is 0. The van der Waals surface area contributed by atoms with Crippen LogP contribution in [0.25, 0.3) is 0 Å². The SMILES string of the molecule is CC(C)C(C)NCC(C)(O)c1cccs1. The van der Waals surface area contributed by atoms with Gasteiger partial charge in [0.25, 0.3) is 0 Å². The van der Waals surface area contributed by atoms with Gasteiger partial charge in [0, 0.05) is 17.5 Å². The van der Waals surface area contributed by atoms with Crippen LogP contribution in [0.4, 0.5) is 0 Å². The Morgan fingerprint density at radius 1 is 1.47 bits per heavy atom. The molecule has 1 aromatic rings. The van der Waals surface area contributed by atoms with Gasteiger partial charge >= 0.3 is 0 Å². The smallest absolute Gasteiger partial charge is 0.108 e. The molecule has 1 rings (SSSR count). The standard InChI is InChI=1S/C12H21NOS/c1-9(2)10(3)13-8-12(4,14)11-6-5-7-15-11/h5-7,9-10,13-14H,8H2,1-4H3. The highest BCUT2D eigenvalue weighted by molar-refractivity contribution is 7.10. The van der Waals surface area contributed by atoms with Crippen molar-refractivity contribution in [2.24, 2.45) is 5.92 Å². The minimum absolute atomic E-state index is 0.427. The molecule has 15 heavy (non-hydrogen) atoms. The van der Waals surface area contributed by atoms with Gasteiger partial charge < -0.3 is 10.4 Å². The van der Waals surface area contributed by atoms with Crippen LogP contribution in [0.1, 0.15) is 32.6 Å². The largest absolute Gasteiger partial charge is 0.383 e. The zero-order valence-corrected chi connectivity index (χ0v) is 10.8. The molecule has 2 atom stereocenters. The normalized spacial score (nSPS) is 17.7. The molecule has 1 heterocycles. The molecule has 1 aromatic heterocycles. The van der Waals surface area contributed by atoms with Crippen molar-refractivity contribution in [3.05, 3.63) is 22.4 Å². The van der Waals surface area contributed by atoms with Crippen LogP contribution in [0.5, 0.6) is 0 Å². The van der Waals surface area contributed by atoms with Crippen molar-refractivity contribution in [1.82, 2.24) is 5.32 Å². The summed E-state index contributed by atoms with van der Waals surface area (Å²) in [6.07, 6.45) is 0. The lowest BCUT2D eigenvalue weighted by molar-refractivity contribution is 0.0564. The van der Waals surface area contributed by atoms with Gasteiger partial charge in [-0.1, -0.05) is 19.9 Å². The van der Waals surface area contributed by atoms with Crippen molar-refractivity contribution in [3.63, 3.8) is 0 Å². The summed E-state index contributed by atoms with van der Waals surface area (Å²) >= 11 is 1.60. The Bertz CT molecular complexity index is 280. The van der Waals surface area contributed by atoms with Gasteiger partial charge in [0.15, 0.2) is 0 Å². The van der Waals surface area contributed by atoms with E-state index in [0.717, 1.165) is 4.88 Å². The van der Waals surface area contributed by atoms with E-state index in [0.29, 0.717) is 18.5 Å². The van der Waals surface area contributed by atoms with Crippen LogP contribution in [0.2, 0.25) is 0 Å². The van der Waals surface area contributed by atoms with Crippen LogP contribution < -0.4 is 5.32 Å². The third-order valence-electron chi connectivity index (χ3n) is 2.82. The summed E-state index contributed by atoms with van der Waals surface area (Å²) in [5, 5.41) is 15.6. The van der Waals surface area contributed by atoms with Gasteiger partial charge in [0.1, 0.15) is 5.60 Å². The number of aliphatic hydroxyl groups is 1. The lowest BCUT2D eigenvalue weighted by Gasteiger charge is -2.26. The van der Waals surface area contributed by atoms with Crippen molar-refractivity contribution in [3.8, 4) is 0 Å². The maximum absolute atomic E-state index is 10.3. The third-order valence-corrected chi connectivity index (χ3v) is 3.94. The molecule has 0 spiro atoms. The predicted octanol–water partition coefficient (Wildman–Crippen LogP) is 2.59. The number of nitrogens with one attached hydrogen (secondary N) is 1. The molecule has 0 saturated heterocycles. The van der Waals surface area contributed by atoms with Crippen LogP contribution in [-0.2, 0) is 5.60 Å². The number of thiophene rings is 1. The van der Waals surface area contributed by atoms with Crippen LogP contribution in [0, 0.1) is 5.92 Å². The van der Waals surface area contributed by atoms with Gasteiger partial charge in [-0.15, -0.1) is 11.3 Å². The molecule has 0 saturated carbocycles. The molecule has 0 fully saturated rings. The lowest BCUT2D eigenvalue weighted by atomic mass is 10.0. The monoisotopic (exact) mass is 227 g/mol. The molecular formula is C12H21NOS. The Labute approximate surface area is 96.3 Å². The molecule has 0 bridgehead atoms. The number of hydrogen-bond donors (Lipinski definition) is 2. The number of rotatable bonds is 5. The summed E-state index contributed by atoms with van der Waals surface area (Å²) in [6.45, 7) is 8.97. The summed E-state index contributed by atoms with van der Waals surface area (Å²) in [5.74, 6) is 0.587. The molecular weight excluding hydrogens is 206 g/mol. The van der Waals surface area contributed by atoms with Crippen molar-refractivity contribution < 1.29 is 5.11 Å². The summed E-state index contributed by atoms with van der Waals surface area (Å²) in [4.78, 5) is 1.02. The fraction of sp³-hybridized carbons (Fsp3) is 0.667. The van der Waals surface area contributed by atoms with E-state index >= 15 is 0 Å². The average Bonchev–Trinajstić information content (AvgIpc) is 2.67. The van der Waals surface area contributed by atoms with Gasteiger partial charge in [-0.3, -0.25) is 0 Å². The first-order chi connectivity index (χ1) is 6.93. The second kappa shape index (κ2) is 5.10. The molecule has 0 radical (unpaired) electrons. The van der Waals surface area contributed by atoms with E-state index in [4.69, 9.17) is 0 Å². The Kier molecular flexibility index (Phi) is 4.32. The topological polar surface area (TPSA) is 32.3 Å². The average molecular weight is 227 g/mol. The first-order valence-corrected chi connectivity index (χ1v) is 6.31. The van der Waals surface area contributed by atoms with Gasteiger partial charge in [-0.25, -0.2) is 0 Å². The summed E-state index contributed by atoms with van der Waals surface area (Å²) in [6, 6.07) is 4.38. The molecule has 3 heteroatoms. The summed E-state index contributed by atoms with van der Waals surface area (Å²) in [5.41, 5.74) is -0.753. The zero-order chi connectivity index (χ0) is 11.5. The Morgan fingerprint density at radius 2 is 2.13 bits per heavy atom. The molecule has 0 aromatic carbocycles. The Balaban J connectivity index is 2.51. The molecule has 0 aliphatic rings. The van der Waals surface area contributed by atoms with Gasteiger partial charge in [0.2, 0.25) is 0 Å². The Hall–Kier alpha value is -0.380. The van der Waals surface area contributed by atoms with E-state index in [1.807, 2.05) is 24.4 Å². The highest BCUT2D eigenvalue weighted by atomic mass is 32.1. The highest BCUT2D eigenvalue weighted by Gasteiger charge is 2.24. The minimum atomic E-state index is -0.753.